The Labute approximate surface area is 278 Å². The summed E-state index contributed by atoms with van der Waals surface area (Å²) in [5.41, 5.74) is 13.2. The minimum absolute atomic E-state index is 0.799. The molecule has 0 aliphatic carbocycles. The number of pyridine rings is 6. The molecule has 0 atom stereocenters. The molecule has 0 amide bonds. The Morgan fingerprint density at radius 3 is 1.10 bits per heavy atom. The maximum absolute atomic E-state index is 4.92. The van der Waals surface area contributed by atoms with E-state index in [-0.39, 0.29) is 0 Å². The van der Waals surface area contributed by atoms with Crippen LogP contribution in [0.5, 0.6) is 0 Å². The van der Waals surface area contributed by atoms with Crippen molar-refractivity contribution in [1.29, 1.82) is 0 Å². The molecular formula is C42H28N6. The Kier molecular flexibility index (Phi) is 7.79. The van der Waals surface area contributed by atoms with E-state index in [9.17, 15) is 0 Å². The van der Waals surface area contributed by atoms with Gasteiger partial charge in [0.05, 0.1) is 39.9 Å². The number of hydrogen-bond donors (Lipinski definition) is 0. The summed E-state index contributed by atoms with van der Waals surface area (Å²) in [4.78, 5) is 27.9. The topological polar surface area (TPSA) is 77.3 Å². The fraction of sp³-hybridized carbons (Fsp3) is 0. The molecule has 2 aromatic carbocycles. The van der Waals surface area contributed by atoms with E-state index < -0.39 is 0 Å². The van der Waals surface area contributed by atoms with Gasteiger partial charge in [-0.15, -0.1) is 0 Å². The SMILES string of the molecule is c1ccc(-c2cc(-c3ccc(-c4cc(-c5ccccn5)nc(-c5ccccn5)c4)cc3)cc(-c3ccc(-c4ccccn4)nc3)c2)nc1. The van der Waals surface area contributed by atoms with Crippen LogP contribution >= 0.6 is 0 Å². The van der Waals surface area contributed by atoms with Gasteiger partial charge in [0.2, 0.25) is 0 Å². The normalized spacial score (nSPS) is 10.9. The van der Waals surface area contributed by atoms with Gasteiger partial charge in [-0.2, -0.15) is 0 Å². The molecule has 6 nitrogen and oxygen atoms in total. The minimum Gasteiger partial charge on any atom is -0.256 e. The minimum atomic E-state index is 0.799. The molecule has 0 fully saturated rings. The first-order valence-corrected chi connectivity index (χ1v) is 15.7. The molecule has 0 aliphatic rings. The zero-order valence-electron chi connectivity index (χ0n) is 25.8. The molecule has 48 heavy (non-hydrogen) atoms. The van der Waals surface area contributed by atoms with Gasteiger partial charge >= 0.3 is 0 Å². The molecule has 0 unspecified atom stereocenters. The van der Waals surface area contributed by atoms with Gasteiger partial charge in [0.1, 0.15) is 0 Å². The average Bonchev–Trinajstić information content (AvgIpc) is 3.19. The van der Waals surface area contributed by atoms with E-state index in [1.807, 2.05) is 91.3 Å². The van der Waals surface area contributed by atoms with E-state index in [1.54, 1.807) is 18.6 Å². The van der Waals surface area contributed by atoms with Crippen molar-refractivity contribution < 1.29 is 0 Å². The van der Waals surface area contributed by atoms with Crippen molar-refractivity contribution in [3.8, 4) is 78.8 Å². The van der Waals surface area contributed by atoms with E-state index in [0.717, 1.165) is 78.8 Å². The number of rotatable bonds is 7. The summed E-state index contributed by atoms with van der Waals surface area (Å²) in [6.45, 7) is 0. The van der Waals surface area contributed by atoms with Gasteiger partial charge in [-0.05, 0) is 113 Å². The number of nitrogens with zero attached hydrogens (tertiary/aromatic N) is 6. The molecule has 0 aliphatic heterocycles. The van der Waals surface area contributed by atoms with E-state index in [0.29, 0.717) is 0 Å². The summed E-state index contributed by atoms with van der Waals surface area (Å²) < 4.78 is 0. The Morgan fingerprint density at radius 1 is 0.250 bits per heavy atom. The zero-order valence-corrected chi connectivity index (χ0v) is 25.8. The van der Waals surface area contributed by atoms with E-state index >= 15 is 0 Å². The van der Waals surface area contributed by atoms with Crippen LogP contribution in [0.3, 0.4) is 0 Å². The summed E-state index contributed by atoms with van der Waals surface area (Å²) in [5, 5.41) is 0. The molecule has 0 spiro atoms. The molecule has 6 heteroatoms. The first-order chi connectivity index (χ1) is 23.8. The van der Waals surface area contributed by atoms with E-state index in [4.69, 9.17) is 9.97 Å². The van der Waals surface area contributed by atoms with Crippen molar-refractivity contribution >= 4 is 0 Å². The fourth-order valence-electron chi connectivity index (χ4n) is 5.72. The standard InChI is InChI=1S/C42H28N6/c1-5-19-43-36(9-1)35-24-32(23-33(25-35)31-17-18-40(47-28-31)37-10-2-6-20-44-37)29-13-15-30(16-14-29)34-26-41(38-11-3-7-21-45-38)48-42(27-34)39-12-4-8-22-46-39/h1-28H. The highest BCUT2D eigenvalue weighted by molar-refractivity contribution is 5.82. The first-order valence-electron chi connectivity index (χ1n) is 15.7. The lowest BCUT2D eigenvalue weighted by atomic mass is 9.94. The molecule has 0 saturated heterocycles. The summed E-state index contributed by atoms with van der Waals surface area (Å²) >= 11 is 0. The zero-order chi connectivity index (χ0) is 32.1. The van der Waals surface area contributed by atoms with Crippen LogP contribution < -0.4 is 0 Å². The Balaban J connectivity index is 1.18. The van der Waals surface area contributed by atoms with Gasteiger partial charge in [0.15, 0.2) is 0 Å². The van der Waals surface area contributed by atoms with Crippen LogP contribution in [0.4, 0.5) is 0 Å². The molecular weight excluding hydrogens is 589 g/mol. The van der Waals surface area contributed by atoms with Gasteiger partial charge in [-0.25, -0.2) is 4.98 Å². The third-order valence-corrected chi connectivity index (χ3v) is 8.15. The number of hydrogen-bond acceptors (Lipinski definition) is 6. The van der Waals surface area contributed by atoms with Gasteiger partial charge in [-0.3, -0.25) is 24.9 Å². The third-order valence-electron chi connectivity index (χ3n) is 8.15. The van der Waals surface area contributed by atoms with Crippen molar-refractivity contribution in [2.75, 3.05) is 0 Å². The first kappa shape index (κ1) is 28.8. The lowest BCUT2D eigenvalue weighted by Gasteiger charge is -2.12. The maximum Gasteiger partial charge on any atom is 0.0900 e. The van der Waals surface area contributed by atoms with Crippen molar-refractivity contribution in [1.82, 2.24) is 29.9 Å². The summed E-state index contributed by atoms with van der Waals surface area (Å²) in [5.74, 6) is 0. The quantitative estimate of drug-likeness (QED) is 0.177. The van der Waals surface area contributed by atoms with Crippen LogP contribution in [0.2, 0.25) is 0 Å². The third kappa shape index (κ3) is 6.10. The summed E-state index contributed by atoms with van der Waals surface area (Å²) in [6, 6.07) is 47.1. The van der Waals surface area contributed by atoms with Crippen molar-refractivity contribution in [3.05, 3.63) is 171 Å². The van der Waals surface area contributed by atoms with Crippen LogP contribution in [0, 0.1) is 0 Å². The van der Waals surface area contributed by atoms with Crippen molar-refractivity contribution in [3.63, 3.8) is 0 Å². The monoisotopic (exact) mass is 616 g/mol. The predicted molar refractivity (Wildman–Crippen MR) is 191 cm³/mol. The lowest BCUT2D eigenvalue weighted by molar-refractivity contribution is 1.22. The maximum atomic E-state index is 4.92. The second kappa shape index (κ2) is 13.0. The molecule has 8 aromatic rings. The van der Waals surface area contributed by atoms with Gasteiger partial charge in [-0.1, -0.05) is 54.6 Å². The van der Waals surface area contributed by atoms with Gasteiger partial charge in [0, 0.05) is 42.1 Å². The molecule has 0 radical (unpaired) electrons. The molecule has 0 bridgehead atoms. The molecule has 6 heterocycles. The molecule has 0 saturated carbocycles. The molecule has 6 aromatic heterocycles. The van der Waals surface area contributed by atoms with Gasteiger partial charge < -0.3 is 0 Å². The van der Waals surface area contributed by atoms with Gasteiger partial charge in [0.25, 0.3) is 0 Å². The number of benzene rings is 2. The van der Waals surface area contributed by atoms with Crippen LogP contribution in [0.25, 0.3) is 78.8 Å². The number of aromatic nitrogens is 6. The molecule has 226 valence electrons. The highest BCUT2D eigenvalue weighted by atomic mass is 14.8. The lowest BCUT2D eigenvalue weighted by Crippen LogP contribution is -1.94. The Hall–Kier alpha value is -6.66. The second-order valence-electron chi connectivity index (χ2n) is 11.3. The van der Waals surface area contributed by atoms with Crippen LogP contribution in [0.15, 0.2) is 171 Å². The Bertz CT molecular complexity index is 2240. The van der Waals surface area contributed by atoms with Crippen molar-refractivity contribution in [2.45, 2.75) is 0 Å². The predicted octanol–water partition coefficient (Wildman–Crippen LogP) is 9.73. The Morgan fingerprint density at radius 2 is 0.646 bits per heavy atom. The fourth-order valence-corrected chi connectivity index (χ4v) is 5.72. The van der Waals surface area contributed by atoms with E-state index in [2.05, 4.69) is 80.6 Å². The smallest absolute Gasteiger partial charge is 0.0900 e. The second-order valence-corrected chi connectivity index (χ2v) is 11.3. The highest BCUT2D eigenvalue weighted by Gasteiger charge is 2.13. The highest BCUT2D eigenvalue weighted by Crippen LogP contribution is 2.35. The van der Waals surface area contributed by atoms with E-state index in [1.165, 1.54) is 0 Å². The van der Waals surface area contributed by atoms with Crippen LogP contribution in [-0.4, -0.2) is 29.9 Å². The summed E-state index contributed by atoms with van der Waals surface area (Å²) in [7, 11) is 0. The summed E-state index contributed by atoms with van der Waals surface area (Å²) in [6.07, 6.45) is 9.10. The molecule has 0 N–H and O–H groups in total. The van der Waals surface area contributed by atoms with Crippen LogP contribution in [0.1, 0.15) is 0 Å². The van der Waals surface area contributed by atoms with Crippen molar-refractivity contribution in [2.24, 2.45) is 0 Å². The average molecular weight is 617 g/mol. The largest absolute Gasteiger partial charge is 0.256 e. The van der Waals surface area contributed by atoms with Crippen LogP contribution in [-0.2, 0) is 0 Å². The molecule has 8 rings (SSSR count).